The van der Waals surface area contributed by atoms with Crippen molar-refractivity contribution in [3.05, 3.63) is 41.4 Å². The number of rotatable bonds is 7. The highest BCUT2D eigenvalue weighted by Gasteiger charge is 2.10. The molecule has 0 unspecified atom stereocenters. The Morgan fingerprint density at radius 2 is 2.35 bits per heavy atom. The van der Waals surface area contributed by atoms with Crippen LogP contribution in [0, 0.1) is 11.3 Å². The lowest BCUT2D eigenvalue weighted by atomic mass is 10.2. The van der Waals surface area contributed by atoms with E-state index in [1.54, 1.807) is 24.3 Å². The molecule has 0 aliphatic rings. The van der Waals surface area contributed by atoms with Gasteiger partial charge >= 0.3 is 0 Å². The summed E-state index contributed by atoms with van der Waals surface area (Å²) in [4.78, 5) is 12.0. The van der Waals surface area contributed by atoms with Gasteiger partial charge in [-0.15, -0.1) is 16.8 Å². The predicted molar refractivity (Wildman–Crippen MR) is 94.1 cm³/mol. The van der Waals surface area contributed by atoms with Crippen LogP contribution in [0.2, 0.25) is 5.02 Å². The molecule has 2 aromatic rings. The van der Waals surface area contributed by atoms with E-state index >= 15 is 0 Å². The lowest BCUT2D eigenvalue weighted by Gasteiger charge is -2.06. The molecule has 0 bridgehead atoms. The number of nitriles is 1. The van der Waals surface area contributed by atoms with Gasteiger partial charge in [0.2, 0.25) is 11.0 Å². The number of carbonyl (C=O) groups excluding carboxylic acids is 1. The molecule has 1 heterocycles. The van der Waals surface area contributed by atoms with E-state index in [4.69, 9.17) is 16.9 Å². The van der Waals surface area contributed by atoms with E-state index in [-0.39, 0.29) is 11.7 Å². The Hall–Kier alpha value is -2.08. The fourth-order valence-electron chi connectivity index (χ4n) is 1.53. The summed E-state index contributed by atoms with van der Waals surface area (Å²) >= 11 is 8.51. The standard InChI is InChI=1S/C14H12ClN5OS2/c1-2-5-17-13-19-20-14(23-13)22-8-12(21)18-11-6-10(15)4-3-9(11)7-16/h2-4,6H,1,5,8H2,(H,17,19)(H,18,21). The maximum absolute atomic E-state index is 12.0. The van der Waals surface area contributed by atoms with Crippen LogP contribution in [0.4, 0.5) is 10.8 Å². The number of amides is 1. The molecule has 0 aliphatic heterocycles. The van der Waals surface area contributed by atoms with Crippen LogP contribution >= 0.6 is 34.7 Å². The molecular weight excluding hydrogens is 354 g/mol. The number of anilines is 2. The first-order valence-electron chi connectivity index (χ1n) is 6.43. The van der Waals surface area contributed by atoms with Gasteiger partial charge < -0.3 is 10.6 Å². The second-order valence-corrected chi connectivity index (χ2v) is 6.82. The lowest BCUT2D eigenvalue weighted by Crippen LogP contribution is -2.14. The predicted octanol–water partition coefficient (Wildman–Crippen LogP) is 3.39. The summed E-state index contributed by atoms with van der Waals surface area (Å²) in [6, 6.07) is 6.72. The third kappa shape index (κ3) is 5.25. The molecule has 1 amide bonds. The molecule has 0 radical (unpaired) electrons. The van der Waals surface area contributed by atoms with Crippen LogP contribution in [0.15, 0.2) is 35.2 Å². The van der Waals surface area contributed by atoms with Crippen molar-refractivity contribution in [3.63, 3.8) is 0 Å². The molecule has 0 spiro atoms. The normalized spacial score (nSPS) is 9.91. The molecule has 1 aromatic heterocycles. The van der Waals surface area contributed by atoms with Gasteiger partial charge in [0, 0.05) is 11.6 Å². The van der Waals surface area contributed by atoms with E-state index in [2.05, 4.69) is 27.4 Å². The summed E-state index contributed by atoms with van der Waals surface area (Å²) in [6.07, 6.45) is 1.72. The van der Waals surface area contributed by atoms with E-state index in [9.17, 15) is 4.79 Å². The summed E-state index contributed by atoms with van der Waals surface area (Å²) in [5.74, 6) is -0.0856. The molecule has 2 N–H and O–H groups in total. The first-order chi connectivity index (χ1) is 11.1. The maximum Gasteiger partial charge on any atom is 0.234 e. The third-order valence-corrected chi connectivity index (χ3v) is 4.76. The Kier molecular flexibility index (Phi) is 6.40. The van der Waals surface area contributed by atoms with Gasteiger partial charge in [-0.2, -0.15) is 5.26 Å². The first-order valence-corrected chi connectivity index (χ1v) is 8.61. The van der Waals surface area contributed by atoms with Crippen LogP contribution in [0.3, 0.4) is 0 Å². The minimum atomic E-state index is -0.246. The molecular formula is C14H12ClN5OS2. The van der Waals surface area contributed by atoms with Crippen LogP contribution < -0.4 is 10.6 Å². The highest BCUT2D eigenvalue weighted by molar-refractivity contribution is 8.01. The number of hydrogen-bond acceptors (Lipinski definition) is 7. The number of carbonyl (C=O) groups is 1. The number of benzene rings is 1. The molecule has 0 atom stereocenters. The molecule has 23 heavy (non-hydrogen) atoms. The summed E-state index contributed by atoms with van der Waals surface area (Å²) in [5, 5.41) is 23.8. The number of nitrogens with zero attached hydrogens (tertiary/aromatic N) is 3. The van der Waals surface area contributed by atoms with Crippen LogP contribution in [0.5, 0.6) is 0 Å². The topological polar surface area (TPSA) is 90.7 Å². The molecule has 118 valence electrons. The number of aromatic nitrogens is 2. The molecule has 9 heteroatoms. The Bertz CT molecular complexity index is 756. The molecule has 2 rings (SSSR count). The van der Waals surface area contributed by atoms with E-state index in [1.807, 2.05) is 6.07 Å². The molecule has 0 saturated heterocycles. The van der Waals surface area contributed by atoms with Gasteiger partial charge in [-0.3, -0.25) is 4.79 Å². The Balaban J connectivity index is 1.90. The molecule has 1 aromatic carbocycles. The van der Waals surface area contributed by atoms with Crippen LogP contribution in [0.25, 0.3) is 0 Å². The zero-order valence-corrected chi connectivity index (χ0v) is 14.3. The van der Waals surface area contributed by atoms with Crippen molar-refractivity contribution < 1.29 is 4.79 Å². The van der Waals surface area contributed by atoms with Crippen LogP contribution in [0.1, 0.15) is 5.56 Å². The van der Waals surface area contributed by atoms with Crippen molar-refractivity contribution in [1.82, 2.24) is 10.2 Å². The fraction of sp³-hybridized carbons (Fsp3) is 0.143. The minimum absolute atomic E-state index is 0.160. The van der Waals surface area contributed by atoms with Crippen LogP contribution in [-0.2, 0) is 4.79 Å². The van der Waals surface area contributed by atoms with Crippen molar-refractivity contribution in [2.75, 3.05) is 22.9 Å². The van der Waals surface area contributed by atoms with Gasteiger partial charge in [0.05, 0.1) is 17.0 Å². The molecule has 0 fully saturated rings. The SMILES string of the molecule is C=CCNc1nnc(SCC(=O)Nc2cc(Cl)ccc2C#N)s1. The maximum atomic E-state index is 12.0. The Morgan fingerprint density at radius 3 is 3.09 bits per heavy atom. The first kappa shape index (κ1) is 17.3. The van der Waals surface area contributed by atoms with Gasteiger partial charge in [-0.05, 0) is 18.2 Å². The summed E-state index contributed by atoms with van der Waals surface area (Å²) in [5.41, 5.74) is 0.760. The quantitative estimate of drug-likeness (QED) is 0.577. The average molecular weight is 366 g/mol. The highest BCUT2D eigenvalue weighted by atomic mass is 35.5. The van der Waals surface area contributed by atoms with E-state index in [0.717, 1.165) is 0 Å². The summed E-state index contributed by atoms with van der Waals surface area (Å²) in [6.45, 7) is 4.21. The smallest absolute Gasteiger partial charge is 0.234 e. The Morgan fingerprint density at radius 1 is 1.52 bits per heavy atom. The van der Waals surface area contributed by atoms with E-state index < -0.39 is 0 Å². The highest BCUT2D eigenvalue weighted by Crippen LogP contribution is 2.26. The average Bonchev–Trinajstić information content (AvgIpc) is 2.99. The van der Waals surface area contributed by atoms with Crippen molar-refractivity contribution >= 4 is 51.4 Å². The van der Waals surface area contributed by atoms with E-state index in [1.165, 1.54) is 23.1 Å². The largest absolute Gasteiger partial charge is 0.357 e. The summed E-state index contributed by atoms with van der Waals surface area (Å²) < 4.78 is 0.679. The number of hydrogen-bond donors (Lipinski definition) is 2. The number of nitrogens with one attached hydrogen (secondary N) is 2. The monoisotopic (exact) mass is 365 g/mol. The van der Waals surface area contributed by atoms with Gasteiger partial charge in [-0.25, -0.2) is 0 Å². The van der Waals surface area contributed by atoms with Gasteiger partial charge in [0.15, 0.2) is 4.34 Å². The van der Waals surface area contributed by atoms with Gasteiger partial charge in [0.1, 0.15) is 6.07 Å². The Labute approximate surface area is 146 Å². The van der Waals surface area contributed by atoms with Crippen LogP contribution in [-0.4, -0.2) is 28.4 Å². The van der Waals surface area contributed by atoms with Gasteiger partial charge in [0.25, 0.3) is 0 Å². The van der Waals surface area contributed by atoms with Crippen molar-refractivity contribution in [1.29, 1.82) is 5.26 Å². The second-order valence-electron chi connectivity index (χ2n) is 4.18. The second kappa shape index (κ2) is 8.53. The minimum Gasteiger partial charge on any atom is -0.357 e. The molecule has 0 saturated carbocycles. The van der Waals surface area contributed by atoms with Gasteiger partial charge in [-0.1, -0.05) is 40.8 Å². The zero-order valence-electron chi connectivity index (χ0n) is 11.9. The number of thioether (sulfide) groups is 1. The number of halogens is 1. The van der Waals surface area contributed by atoms with E-state index in [0.29, 0.717) is 32.3 Å². The third-order valence-electron chi connectivity index (χ3n) is 2.51. The lowest BCUT2D eigenvalue weighted by molar-refractivity contribution is -0.113. The van der Waals surface area contributed by atoms with Crippen molar-refractivity contribution in [3.8, 4) is 6.07 Å². The molecule has 0 aliphatic carbocycles. The zero-order chi connectivity index (χ0) is 16.7. The molecule has 6 nitrogen and oxygen atoms in total. The van der Waals surface area contributed by atoms with Crippen molar-refractivity contribution in [2.45, 2.75) is 4.34 Å². The summed E-state index contributed by atoms with van der Waals surface area (Å²) in [7, 11) is 0. The fourth-order valence-corrected chi connectivity index (χ4v) is 3.26. The van der Waals surface area contributed by atoms with Crippen molar-refractivity contribution in [2.24, 2.45) is 0 Å².